The predicted octanol–water partition coefficient (Wildman–Crippen LogP) is 1.61. The van der Waals surface area contributed by atoms with E-state index in [9.17, 15) is 0 Å². The highest BCUT2D eigenvalue weighted by molar-refractivity contribution is 5.46. The van der Waals surface area contributed by atoms with Crippen molar-refractivity contribution in [3.63, 3.8) is 0 Å². The lowest BCUT2D eigenvalue weighted by Crippen LogP contribution is -2.19. The maximum Gasteiger partial charge on any atom is 0.129 e. The first-order valence-electron chi connectivity index (χ1n) is 4.64. The number of aryl methyl sites for hydroxylation is 1. The number of aromatic nitrogens is 1. The number of rotatable bonds is 3. The molecule has 0 N–H and O–H groups in total. The van der Waals surface area contributed by atoms with E-state index in [0.29, 0.717) is 18.5 Å². The van der Waals surface area contributed by atoms with Crippen LogP contribution in [-0.4, -0.2) is 18.6 Å². The van der Waals surface area contributed by atoms with Gasteiger partial charge in [0, 0.05) is 19.3 Å². The molecule has 4 nitrogen and oxygen atoms in total. The van der Waals surface area contributed by atoms with Crippen molar-refractivity contribution in [1.82, 2.24) is 4.98 Å². The van der Waals surface area contributed by atoms with E-state index in [-0.39, 0.29) is 0 Å². The van der Waals surface area contributed by atoms with Crippen LogP contribution >= 0.6 is 0 Å². The van der Waals surface area contributed by atoms with Crippen LogP contribution in [0.15, 0.2) is 12.1 Å². The molecule has 4 heteroatoms. The summed E-state index contributed by atoms with van der Waals surface area (Å²) >= 11 is 0. The summed E-state index contributed by atoms with van der Waals surface area (Å²) in [4.78, 5) is 6.17. The van der Waals surface area contributed by atoms with E-state index in [4.69, 9.17) is 10.5 Å². The molecule has 0 saturated carbocycles. The summed E-state index contributed by atoms with van der Waals surface area (Å²) in [5.74, 6) is 0.738. The minimum Gasteiger partial charge on any atom is -0.359 e. The highest BCUT2D eigenvalue weighted by Crippen LogP contribution is 2.13. The molecule has 0 aliphatic heterocycles. The van der Waals surface area contributed by atoms with Crippen molar-refractivity contribution in [2.75, 3.05) is 18.5 Å². The zero-order valence-electron chi connectivity index (χ0n) is 8.86. The van der Waals surface area contributed by atoms with Crippen molar-refractivity contribution < 1.29 is 0 Å². The average molecular weight is 200 g/mol. The monoisotopic (exact) mass is 200 g/mol. The van der Waals surface area contributed by atoms with Gasteiger partial charge in [-0.1, -0.05) is 0 Å². The van der Waals surface area contributed by atoms with E-state index in [1.807, 2.05) is 18.9 Å². The minimum absolute atomic E-state index is 0.452. The average Bonchev–Trinajstić information content (AvgIpc) is 2.24. The molecule has 0 fully saturated rings. The van der Waals surface area contributed by atoms with Crippen LogP contribution in [0.4, 0.5) is 5.82 Å². The van der Waals surface area contributed by atoms with Gasteiger partial charge in [-0.05, 0) is 19.1 Å². The van der Waals surface area contributed by atoms with E-state index in [0.717, 1.165) is 11.5 Å². The van der Waals surface area contributed by atoms with Crippen molar-refractivity contribution in [2.24, 2.45) is 0 Å². The van der Waals surface area contributed by atoms with Crippen LogP contribution in [0.1, 0.15) is 17.7 Å². The number of anilines is 1. The number of hydrogen-bond donors (Lipinski definition) is 0. The van der Waals surface area contributed by atoms with Gasteiger partial charge in [0.2, 0.25) is 0 Å². The summed E-state index contributed by atoms with van der Waals surface area (Å²) in [6.45, 7) is 2.47. The molecular formula is C11H12N4. The van der Waals surface area contributed by atoms with Crippen LogP contribution in [0.3, 0.4) is 0 Å². The third-order valence-corrected chi connectivity index (χ3v) is 2.02. The smallest absolute Gasteiger partial charge is 0.129 e. The van der Waals surface area contributed by atoms with Gasteiger partial charge >= 0.3 is 0 Å². The fourth-order valence-corrected chi connectivity index (χ4v) is 1.24. The van der Waals surface area contributed by atoms with Crippen LogP contribution < -0.4 is 4.90 Å². The maximum absolute atomic E-state index is 8.80. The van der Waals surface area contributed by atoms with Gasteiger partial charge in [0.05, 0.1) is 24.1 Å². The first-order valence-corrected chi connectivity index (χ1v) is 4.64. The highest BCUT2D eigenvalue weighted by Gasteiger charge is 2.04. The van der Waals surface area contributed by atoms with E-state index in [2.05, 4.69) is 17.1 Å². The van der Waals surface area contributed by atoms with Crippen molar-refractivity contribution in [3.8, 4) is 12.1 Å². The van der Waals surface area contributed by atoms with Gasteiger partial charge in [-0.3, -0.25) is 0 Å². The zero-order valence-corrected chi connectivity index (χ0v) is 8.86. The Labute approximate surface area is 89.4 Å². The van der Waals surface area contributed by atoms with E-state index >= 15 is 0 Å². The Morgan fingerprint density at radius 1 is 1.40 bits per heavy atom. The SMILES string of the molecule is Cc1cc(C#N)cc(N(C)CCC#N)n1. The first kappa shape index (κ1) is 11.0. The molecule has 15 heavy (non-hydrogen) atoms. The molecule has 76 valence electrons. The van der Waals surface area contributed by atoms with Crippen molar-refractivity contribution in [1.29, 1.82) is 10.5 Å². The standard InChI is InChI=1S/C11H12N4/c1-9-6-10(8-13)7-11(14-9)15(2)5-3-4-12/h6-7H,3,5H2,1-2H3. The fourth-order valence-electron chi connectivity index (χ4n) is 1.24. The Morgan fingerprint density at radius 3 is 2.73 bits per heavy atom. The molecule has 1 heterocycles. The third-order valence-electron chi connectivity index (χ3n) is 2.02. The summed E-state index contributed by atoms with van der Waals surface area (Å²) in [5, 5.41) is 17.3. The summed E-state index contributed by atoms with van der Waals surface area (Å²) in [6.07, 6.45) is 0.452. The Balaban J connectivity index is 2.90. The Bertz CT molecular complexity index is 425. The second kappa shape index (κ2) is 4.97. The molecule has 0 aliphatic carbocycles. The molecule has 1 aromatic heterocycles. The number of hydrogen-bond acceptors (Lipinski definition) is 4. The largest absolute Gasteiger partial charge is 0.359 e. The Morgan fingerprint density at radius 2 is 2.13 bits per heavy atom. The van der Waals surface area contributed by atoms with Gasteiger partial charge < -0.3 is 4.90 Å². The second-order valence-electron chi connectivity index (χ2n) is 3.30. The van der Waals surface area contributed by atoms with Crippen molar-refractivity contribution >= 4 is 5.82 Å². The van der Waals surface area contributed by atoms with Gasteiger partial charge in [0.1, 0.15) is 5.82 Å². The minimum atomic E-state index is 0.452. The van der Waals surface area contributed by atoms with Gasteiger partial charge in [-0.25, -0.2) is 4.98 Å². The number of nitriles is 2. The topological polar surface area (TPSA) is 63.7 Å². The summed E-state index contributed by atoms with van der Waals surface area (Å²) < 4.78 is 0. The summed E-state index contributed by atoms with van der Waals surface area (Å²) in [6, 6.07) is 7.63. The maximum atomic E-state index is 8.80. The van der Waals surface area contributed by atoms with Gasteiger partial charge in [0.15, 0.2) is 0 Å². The molecule has 0 spiro atoms. The number of pyridine rings is 1. The lowest BCUT2D eigenvalue weighted by molar-refractivity contribution is 0.880. The molecule has 0 aromatic carbocycles. The van der Waals surface area contributed by atoms with Crippen LogP contribution in [0.2, 0.25) is 0 Å². The normalized spacial score (nSPS) is 9.07. The van der Waals surface area contributed by atoms with Crippen LogP contribution in [-0.2, 0) is 0 Å². The Hall–Kier alpha value is -2.07. The second-order valence-corrected chi connectivity index (χ2v) is 3.30. The zero-order chi connectivity index (χ0) is 11.3. The van der Waals surface area contributed by atoms with E-state index in [1.165, 1.54) is 0 Å². The number of nitrogens with zero attached hydrogens (tertiary/aromatic N) is 4. The molecule has 1 aromatic rings. The molecule has 0 aliphatic rings. The van der Waals surface area contributed by atoms with Crippen LogP contribution in [0.5, 0.6) is 0 Å². The van der Waals surface area contributed by atoms with Gasteiger partial charge in [-0.15, -0.1) is 0 Å². The van der Waals surface area contributed by atoms with Crippen molar-refractivity contribution in [2.45, 2.75) is 13.3 Å². The fraction of sp³-hybridized carbons (Fsp3) is 0.364. The van der Waals surface area contributed by atoms with Crippen LogP contribution in [0.25, 0.3) is 0 Å². The highest BCUT2D eigenvalue weighted by atomic mass is 15.2. The molecule has 1 rings (SSSR count). The van der Waals surface area contributed by atoms with E-state index < -0.39 is 0 Å². The molecule has 0 amide bonds. The predicted molar refractivity (Wildman–Crippen MR) is 57.2 cm³/mol. The van der Waals surface area contributed by atoms with Gasteiger partial charge in [0.25, 0.3) is 0 Å². The lowest BCUT2D eigenvalue weighted by Gasteiger charge is -2.16. The van der Waals surface area contributed by atoms with E-state index in [1.54, 1.807) is 12.1 Å². The lowest BCUT2D eigenvalue weighted by atomic mass is 10.2. The molecule has 0 radical (unpaired) electrons. The van der Waals surface area contributed by atoms with Gasteiger partial charge in [-0.2, -0.15) is 10.5 Å². The quantitative estimate of drug-likeness (QED) is 0.743. The molecular weight excluding hydrogens is 188 g/mol. The third kappa shape index (κ3) is 2.96. The molecule has 0 atom stereocenters. The van der Waals surface area contributed by atoms with Crippen molar-refractivity contribution in [3.05, 3.63) is 23.4 Å². The molecule has 0 unspecified atom stereocenters. The first-order chi connectivity index (χ1) is 7.17. The van der Waals surface area contributed by atoms with Crippen LogP contribution in [0, 0.1) is 29.6 Å². The summed E-state index contributed by atoms with van der Waals surface area (Å²) in [7, 11) is 1.86. The molecule has 0 saturated heterocycles. The Kier molecular flexibility index (Phi) is 3.65. The summed E-state index contributed by atoms with van der Waals surface area (Å²) in [5.41, 5.74) is 1.41. The molecule has 0 bridgehead atoms.